The predicted octanol–water partition coefficient (Wildman–Crippen LogP) is 1.19. The zero-order valence-corrected chi connectivity index (χ0v) is 11.5. The largest absolute Gasteiger partial charge is 0.372 e. The molecule has 2 fully saturated rings. The lowest BCUT2D eigenvalue weighted by molar-refractivity contribution is -0.148. The highest BCUT2D eigenvalue weighted by atomic mass is 35.5. The zero-order valence-electron chi connectivity index (χ0n) is 10.7. The van der Waals surface area contributed by atoms with Gasteiger partial charge in [0.25, 0.3) is 0 Å². The Bertz CT molecular complexity index is 265. The molecule has 2 rings (SSSR count). The van der Waals surface area contributed by atoms with Gasteiger partial charge in [-0.25, -0.2) is 0 Å². The van der Waals surface area contributed by atoms with Crippen molar-refractivity contribution in [2.75, 3.05) is 26.2 Å². The van der Waals surface area contributed by atoms with Crippen LogP contribution in [0.2, 0.25) is 0 Å². The van der Waals surface area contributed by atoms with E-state index >= 15 is 0 Å². The van der Waals surface area contributed by atoms with Crippen LogP contribution in [0.25, 0.3) is 0 Å². The molecule has 100 valence electrons. The highest BCUT2D eigenvalue weighted by Crippen LogP contribution is 2.18. The number of halogens is 1. The molecule has 0 aromatic rings. The molecule has 1 atom stereocenters. The summed E-state index contributed by atoms with van der Waals surface area (Å²) in [6.07, 6.45) is 3.34. The van der Waals surface area contributed by atoms with E-state index in [-0.39, 0.29) is 30.0 Å². The molecule has 5 heteroatoms. The molecule has 2 saturated heterocycles. The van der Waals surface area contributed by atoms with Gasteiger partial charge in [0.2, 0.25) is 5.91 Å². The molecule has 0 saturated carbocycles. The maximum Gasteiger partial charge on any atom is 0.239 e. The first kappa shape index (κ1) is 14.7. The van der Waals surface area contributed by atoms with Gasteiger partial charge in [0, 0.05) is 13.1 Å². The Labute approximate surface area is 109 Å². The third-order valence-electron chi connectivity index (χ3n) is 3.35. The molecule has 0 unspecified atom stereocenters. The normalized spacial score (nSPS) is 28.4. The Morgan fingerprint density at radius 3 is 2.76 bits per heavy atom. The zero-order chi connectivity index (χ0) is 11.6. The fraction of sp³-hybridized carbons (Fsp3) is 0.917. The lowest BCUT2D eigenvalue weighted by atomic mass is 10.0. The average molecular weight is 263 g/mol. The summed E-state index contributed by atoms with van der Waals surface area (Å²) in [5, 5.41) is 3.31. The van der Waals surface area contributed by atoms with Gasteiger partial charge in [-0.15, -0.1) is 12.4 Å². The number of carbonyl (C=O) groups excluding carboxylic acids is 1. The quantitative estimate of drug-likeness (QED) is 0.772. The summed E-state index contributed by atoms with van der Waals surface area (Å²) < 4.78 is 5.62. The molecular formula is C12H23ClN2O2. The topological polar surface area (TPSA) is 41.6 Å². The molecule has 0 aliphatic carbocycles. The monoisotopic (exact) mass is 262 g/mol. The summed E-state index contributed by atoms with van der Waals surface area (Å²) >= 11 is 0. The average Bonchev–Trinajstić information content (AvgIpc) is 2.28. The second-order valence-corrected chi connectivity index (χ2v) is 5.37. The minimum absolute atomic E-state index is 0. The fourth-order valence-corrected chi connectivity index (χ4v) is 2.49. The highest BCUT2D eigenvalue weighted by molar-refractivity contribution is 5.85. The number of nitrogens with zero attached hydrogens (tertiary/aromatic N) is 1. The maximum atomic E-state index is 12.2. The van der Waals surface area contributed by atoms with Gasteiger partial charge in [0.1, 0.15) is 0 Å². The number of nitrogens with one attached hydrogen (secondary N) is 1. The van der Waals surface area contributed by atoms with E-state index in [0.717, 1.165) is 25.9 Å². The number of piperidine rings is 1. The van der Waals surface area contributed by atoms with Gasteiger partial charge < -0.3 is 15.0 Å². The molecular weight excluding hydrogens is 240 g/mol. The van der Waals surface area contributed by atoms with Crippen LogP contribution in [0.5, 0.6) is 0 Å². The van der Waals surface area contributed by atoms with Crippen LogP contribution in [-0.4, -0.2) is 48.7 Å². The number of amides is 1. The first-order valence-corrected chi connectivity index (χ1v) is 6.25. The Morgan fingerprint density at radius 2 is 2.18 bits per heavy atom. The summed E-state index contributed by atoms with van der Waals surface area (Å²) in [6.45, 7) is 7.17. The standard InChI is InChI=1S/C12H22N2O2.ClH/c1-12(2)9-14(7-8-16-12)11(15)10-5-3-4-6-13-10;/h10,13H,3-9H2,1-2H3;1H/t10-;/m0./s1. The number of hydrogen-bond acceptors (Lipinski definition) is 3. The Balaban J connectivity index is 0.00000144. The minimum Gasteiger partial charge on any atom is -0.372 e. The third-order valence-corrected chi connectivity index (χ3v) is 3.35. The molecule has 0 aromatic carbocycles. The molecule has 1 amide bonds. The third kappa shape index (κ3) is 3.83. The highest BCUT2D eigenvalue weighted by Gasteiger charge is 2.33. The van der Waals surface area contributed by atoms with Crippen LogP contribution in [0.4, 0.5) is 0 Å². The van der Waals surface area contributed by atoms with Crippen molar-refractivity contribution in [3.8, 4) is 0 Å². The van der Waals surface area contributed by atoms with Crippen LogP contribution in [0.15, 0.2) is 0 Å². The van der Waals surface area contributed by atoms with Crippen molar-refractivity contribution in [2.24, 2.45) is 0 Å². The van der Waals surface area contributed by atoms with Crippen molar-refractivity contribution in [2.45, 2.75) is 44.8 Å². The lowest BCUT2D eigenvalue weighted by Crippen LogP contribution is -2.56. The van der Waals surface area contributed by atoms with E-state index in [4.69, 9.17) is 4.74 Å². The number of rotatable bonds is 1. The molecule has 0 aromatic heterocycles. The van der Waals surface area contributed by atoms with Crippen LogP contribution in [0.1, 0.15) is 33.1 Å². The van der Waals surface area contributed by atoms with Crippen molar-refractivity contribution in [3.63, 3.8) is 0 Å². The summed E-state index contributed by atoms with van der Waals surface area (Å²) in [7, 11) is 0. The van der Waals surface area contributed by atoms with Gasteiger partial charge in [0.15, 0.2) is 0 Å². The number of hydrogen-bond donors (Lipinski definition) is 1. The van der Waals surface area contributed by atoms with Gasteiger partial charge in [-0.1, -0.05) is 6.42 Å². The summed E-state index contributed by atoms with van der Waals surface area (Å²) in [5.74, 6) is 0.260. The Kier molecular flexibility index (Phi) is 5.22. The lowest BCUT2D eigenvalue weighted by Gasteiger charge is -2.40. The van der Waals surface area contributed by atoms with Gasteiger partial charge in [-0.2, -0.15) is 0 Å². The first-order chi connectivity index (χ1) is 7.58. The SMILES string of the molecule is CC1(C)CN(C(=O)[C@@H]2CCCCN2)CCO1.Cl. The van der Waals surface area contributed by atoms with Crippen LogP contribution >= 0.6 is 12.4 Å². The van der Waals surface area contributed by atoms with E-state index in [9.17, 15) is 4.79 Å². The van der Waals surface area contributed by atoms with E-state index < -0.39 is 0 Å². The van der Waals surface area contributed by atoms with Gasteiger partial charge >= 0.3 is 0 Å². The minimum atomic E-state index is -0.192. The summed E-state index contributed by atoms with van der Waals surface area (Å²) in [5.41, 5.74) is -0.192. The molecule has 2 heterocycles. The molecule has 2 aliphatic heterocycles. The molecule has 0 bridgehead atoms. The summed E-state index contributed by atoms with van der Waals surface area (Å²) in [4.78, 5) is 14.2. The van der Waals surface area contributed by atoms with E-state index in [1.165, 1.54) is 6.42 Å². The number of morpholine rings is 1. The van der Waals surface area contributed by atoms with Gasteiger partial charge in [0.05, 0.1) is 18.2 Å². The van der Waals surface area contributed by atoms with Crippen LogP contribution < -0.4 is 5.32 Å². The van der Waals surface area contributed by atoms with Crippen molar-refractivity contribution < 1.29 is 9.53 Å². The van der Waals surface area contributed by atoms with Crippen molar-refractivity contribution >= 4 is 18.3 Å². The smallest absolute Gasteiger partial charge is 0.239 e. The maximum absolute atomic E-state index is 12.2. The van der Waals surface area contributed by atoms with E-state index in [1.54, 1.807) is 0 Å². The van der Waals surface area contributed by atoms with Gasteiger partial charge in [-0.3, -0.25) is 4.79 Å². The molecule has 17 heavy (non-hydrogen) atoms. The van der Waals surface area contributed by atoms with Crippen molar-refractivity contribution in [3.05, 3.63) is 0 Å². The Hall–Kier alpha value is -0.320. The molecule has 0 radical (unpaired) electrons. The fourth-order valence-electron chi connectivity index (χ4n) is 2.49. The van der Waals surface area contributed by atoms with Crippen molar-refractivity contribution in [1.82, 2.24) is 10.2 Å². The molecule has 0 spiro atoms. The number of ether oxygens (including phenoxy) is 1. The van der Waals surface area contributed by atoms with E-state index in [2.05, 4.69) is 5.32 Å². The van der Waals surface area contributed by atoms with Gasteiger partial charge in [-0.05, 0) is 33.2 Å². The van der Waals surface area contributed by atoms with E-state index in [0.29, 0.717) is 13.2 Å². The second-order valence-electron chi connectivity index (χ2n) is 5.37. The summed E-state index contributed by atoms with van der Waals surface area (Å²) in [6, 6.07) is 0.0441. The van der Waals surface area contributed by atoms with Crippen LogP contribution in [0, 0.1) is 0 Å². The molecule has 1 N–H and O–H groups in total. The molecule has 2 aliphatic rings. The molecule has 4 nitrogen and oxygen atoms in total. The second kappa shape index (κ2) is 6.03. The van der Waals surface area contributed by atoms with Crippen LogP contribution in [0.3, 0.4) is 0 Å². The van der Waals surface area contributed by atoms with E-state index in [1.807, 2.05) is 18.7 Å². The Morgan fingerprint density at radius 1 is 1.41 bits per heavy atom. The van der Waals surface area contributed by atoms with Crippen LogP contribution in [-0.2, 0) is 9.53 Å². The number of carbonyl (C=O) groups is 1. The predicted molar refractivity (Wildman–Crippen MR) is 69.5 cm³/mol. The first-order valence-electron chi connectivity index (χ1n) is 6.25. The van der Waals surface area contributed by atoms with Crippen molar-refractivity contribution in [1.29, 1.82) is 0 Å².